The molecule has 0 atom stereocenters. The Kier molecular flexibility index (Phi) is 4.01. The van der Waals surface area contributed by atoms with Gasteiger partial charge in [-0.25, -0.2) is 4.98 Å². The van der Waals surface area contributed by atoms with Gasteiger partial charge in [0, 0.05) is 11.4 Å². The van der Waals surface area contributed by atoms with E-state index < -0.39 is 0 Å². The van der Waals surface area contributed by atoms with E-state index in [0.29, 0.717) is 5.56 Å². The van der Waals surface area contributed by atoms with Gasteiger partial charge in [0.05, 0.1) is 5.56 Å². The minimum atomic E-state index is 0.652. The van der Waals surface area contributed by atoms with Gasteiger partial charge < -0.3 is 0 Å². The first-order valence-electron chi connectivity index (χ1n) is 5.76. The molecule has 0 N–H and O–H groups in total. The number of pyridine rings is 1. The molecule has 0 radical (unpaired) electrons. The van der Waals surface area contributed by atoms with Gasteiger partial charge in [-0.2, -0.15) is 5.26 Å². The topological polar surface area (TPSA) is 36.7 Å². The van der Waals surface area contributed by atoms with Crippen LogP contribution in [0.4, 0.5) is 0 Å². The molecule has 1 aromatic heterocycles. The molecule has 2 nitrogen and oxygen atoms in total. The zero-order chi connectivity index (χ0) is 13.0. The Labute approximate surface area is 112 Å². The zero-order valence-electron chi connectivity index (χ0n) is 10.5. The third-order valence-electron chi connectivity index (χ3n) is 2.75. The summed E-state index contributed by atoms with van der Waals surface area (Å²) in [4.78, 5) is 4.43. The molecular weight excluding hydrogens is 240 g/mol. The van der Waals surface area contributed by atoms with E-state index in [1.807, 2.05) is 31.2 Å². The Hall–Kier alpha value is -1.79. The smallest absolute Gasteiger partial charge is 0.114 e. The first-order valence-corrected chi connectivity index (χ1v) is 6.74. The van der Waals surface area contributed by atoms with Crippen LogP contribution in [0.25, 0.3) is 0 Å². The first kappa shape index (κ1) is 12.7. The van der Waals surface area contributed by atoms with Gasteiger partial charge >= 0.3 is 0 Å². The van der Waals surface area contributed by atoms with Gasteiger partial charge in [-0.3, -0.25) is 0 Å². The Morgan fingerprint density at radius 3 is 2.67 bits per heavy atom. The molecule has 2 rings (SSSR count). The van der Waals surface area contributed by atoms with Crippen LogP contribution in [0.2, 0.25) is 0 Å². The lowest BCUT2D eigenvalue weighted by Crippen LogP contribution is -1.91. The maximum atomic E-state index is 9.06. The van der Waals surface area contributed by atoms with Gasteiger partial charge in [0.15, 0.2) is 0 Å². The molecular formula is C15H14N2S. The first-order chi connectivity index (χ1) is 8.70. The largest absolute Gasteiger partial charge is 0.245 e. The van der Waals surface area contributed by atoms with Crippen molar-refractivity contribution in [1.29, 1.82) is 5.26 Å². The number of aromatic nitrogens is 1. The molecule has 18 heavy (non-hydrogen) atoms. The third-order valence-corrected chi connectivity index (χ3v) is 3.79. The van der Waals surface area contributed by atoms with E-state index in [4.69, 9.17) is 5.26 Å². The normalized spacial score (nSPS) is 10.1. The van der Waals surface area contributed by atoms with E-state index in [-0.39, 0.29) is 0 Å². The van der Waals surface area contributed by atoms with E-state index in [9.17, 15) is 0 Å². The van der Waals surface area contributed by atoms with E-state index in [2.05, 4.69) is 30.1 Å². The maximum absolute atomic E-state index is 9.06. The molecule has 0 saturated carbocycles. The quantitative estimate of drug-likeness (QED) is 0.780. The van der Waals surface area contributed by atoms with Crippen LogP contribution in [-0.4, -0.2) is 4.98 Å². The number of hydrogen-bond donors (Lipinski definition) is 0. The molecule has 0 amide bonds. The van der Waals surface area contributed by atoms with Crippen molar-refractivity contribution in [2.75, 3.05) is 0 Å². The number of benzene rings is 1. The van der Waals surface area contributed by atoms with Crippen LogP contribution in [-0.2, 0) is 5.75 Å². The van der Waals surface area contributed by atoms with Crippen LogP contribution in [0.5, 0.6) is 0 Å². The summed E-state index contributed by atoms with van der Waals surface area (Å²) in [6.07, 6.45) is 0. The number of aryl methyl sites for hydroxylation is 2. The molecule has 3 heteroatoms. The highest BCUT2D eigenvalue weighted by molar-refractivity contribution is 7.98. The van der Waals surface area contributed by atoms with Crippen LogP contribution in [0.1, 0.15) is 22.4 Å². The molecule has 0 saturated heterocycles. The lowest BCUT2D eigenvalue weighted by molar-refractivity contribution is 1.05. The zero-order valence-corrected chi connectivity index (χ0v) is 11.3. The molecule has 1 aromatic carbocycles. The van der Waals surface area contributed by atoms with Gasteiger partial charge in [-0.1, -0.05) is 24.3 Å². The summed E-state index contributed by atoms with van der Waals surface area (Å²) >= 11 is 1.62. The molecule has 0 fully saturated rings. The van der Waals surface area contributed by atoms with Crippen LogP contribution >= 0.6 is 11.8 Å². The highest BCUT2D eigenvalue weighted by Crippen LogP contribution is 2.25. The monoisotopic (exact) mass is 254 g/mol. The molecule has 2 aromatic rings. The second-order valence-electron chi connectivity index (χ2n) is 4.13. The second kappa shape index (κ2) is 5.70. The molecule has 0 aliphatic heterocycles. The fraction of sp³-hybridized carbons (Fsp3) is 0.200. The molecule has 0 aliphatic carbocycles. The summed E-state index contributed by atoms with van der Waals surface area (Å²) in [5.74, 6) is 0.845. The summed E-state index contributed by atoms with van der Waals surface area (Å²) in [5, 5.41) is 9.88. The van der Waals surface area contributed by atoms with Gasteiger partial charge in [0.1, 0.15) is 11.1 Å². The Bertz CT molecular complexity index is 600. The second-order valence-corrected chi connectivity index (χ2v) is 5.10. The van der Waals surface area contributed by atoms with Crippen molar-refractivity contribution in [3.8, 4) is 6.07 Å². The predicted molar refractivity (Wildman–Crippen MR) is 74.4 cm³/mol. The average Bonchev–Trinajstić information content (AvgIpc) is 2.38. The molecule has 0 unspecified atom stereocenters. The van der Waals surface area contributed by atoms with Gasteiger partial charge in [-0.05, 0) is 37.1 Å². The van der Waals surface area contributed by atoms with Gasteiger partial charge in [-0.15, -0.1) is 11.8 Å². The SMILES string of the molecule is Cc1ccc(C#N)c(SCc2ccccc2C)n1. The van der Waals surface area contributed by atoms with Gasteiger partial charge in [0.25, 0.3) is 0 Å². The number of nitrogens with zero attached hydrogens (tertiary/aromatic N) is 2. The predicted octanol–water partition coefficient (Wildman–Crippen LogP) is 3.86. The summed E-state index contributed by atoms with van der Waals surface area (Å²) in [7, 11) is 0. The summed E-state index contributed by atoms with van der Waals surface area (Å²) in [6, 6.07) is 14.2. The highest BCUT2D eigenvalue weighted by atomic mass is 32.2. The van der Waals surface area contributed by atoms with Crippen LogP contribution in [0, 0.1) is 25.2 Å². The lowest BCUT2D eigenvalue weighted by atomic mass is 10.1. The van der Waals surface area contributed by atoms with Crippen molar-refractivity contribution < 1.29 is 0 Å². The Morgan fingerprint density at radius 2 is 1.94 bits per heavy atom. The van der Waals surface area contributed by atoms with Crippen molar-refractivity contribution in [2.45, 2.75) is 24.6 Å². The fourth-order valence-electron chi connectivity index (χ4n) is 1.65. The number of nitriles is 1. The van der Waals surface area contributed by atoms with Crippen LogP contribution in [0.15, 0.2) is 41.4 Å². The Morgan fingerprint density at radius 1 is 1.17 bits per heavy atom. The molecule has 1 heterocycles. The van der Waals surface area contributed by atoms with Crippen molar-refractivity contribution in [2.24, 2.45) is 0 Å². The Balaban J connectivity index is 2.18. The van der Waals surface area contributed by atoms with E-state index in [0.717, 1.165) is 16.5 Å². The lowest BCUT2D eigenvalue weighted by Gasteiger charge is -2.06. The molecule has 0 spiro atoms. The van der Waals surface area contributed by atoms with Crippen LogP contribution < -0.4 is 0 Å². The van der Waals surface area contributed by atoms with Gasteiger partial charge in [0.2, 0.25) is 0 Å². The minimum Gasteiger partial charge on any atom is -0.245 e. The minimum absolute atomic E-state index is 0.652. The fourth-order valence-corrected chi connectivity index (χ4v) is 2.74. The number of rotatable bonds is 3. The maximum Gasteiger partial charge on any atom is 0.114 e. The van der Waals surface area contributed by atoms with Crippen molar-refractivity contribution in [3.05, 3.63) is 58.8 Å². The van der Waals surface area contributed by atoms with Crippen molar-refractivity contribution in [1.82, 2.24) is 4.98 Å². The number of thioether (sulfide) groups is 1. The summed E-state index contributed by atoms with van der Waals surface area (Å²) < 4.78 is 0. The number of hydrogen-bond acceptors (Lipinski definition) is 3. The standard InChI is InChI=1S/C15H14N2S/c1-11-5-3-4-6-14(11)10-18-15-13(9-16)8-7-12(2)17-15/h3-8H,10H2,1-2H3. The summed E-state index contributed by atoms with van der Waals surface area (Å²) in [6.45, 7) is 4.05. The van der Waals surface area contributed by atoms with Crippen LogP contribution in [0.3, 0.4) is 0 Å². The van der Waals surface area contributed by atoms with E-state index in [1.54, 1.807) is 11.8 Å². The molecule has 90 valence electrons. The van der Waals surface area contributed by atoms with E-state index >= 15 is 0 Å². The third kappa shape index (κ3) is 2.91. The van der Waals surface area contributed by atoms with Crippen molar-refractivity contribution >= 4 is 11.8 Å². The summed E-state index contributed by atoms with van der Waals surface area (Å²) in [5.41, 5.74) is 4.16. The average molecular weight is 254 g/mol. The molecule has 0 aliphatic rings. The van der Waals surface area contributed by atoms with E-state index in [1.165, 1.54) is 11.1 Å². The highest BCUT2D eigenvalue weighted by Gasteiger charge is 2.06. The van der Waals surface area contributed by atoms with Crippen molar-refractivity contribution in [3.63, 3.8) is 0 Å². The molecule has 0 bridgehead atoms.